The zero-order valence-corrected chi connectivity index (χ0v) is 20.0. The number of anilines is 1. The predicted molar refractivity (Wildman–Crippen MR) is 126 cm³/mol. The summed E-state index contributed by atoms with van der Waals surface area (Å²) in [6.07, 6.45) is 6.41. The van der Waals surface area contributed by atoms with Crippen molar-refractivity contribution in [2.24, 2.45) is 5.92 Å². The molecule has 2 aromatic heterocycles. The van der Waals surface area contributed by atoms with Gasteiger partial charge < -0.3 is 15.1 Å². The average molecular weight is 476 g/mol. The van der Waals surface area contributed by atoms with E-state index >= 15 is 0 Å². The molecule has 33 heavy (non-hydrogen) atoms. The Kier molecular flexibility index (Phi) is 6.91. The lowest BCUT2D eigenvalue weighted by atomic mass is 9.97. The van der Waals surface area contributed by atoms with Crippen LogP contribution in [-0.4, -0.2) is 86.1 Å². The summed E-state index contributed by atoms with van der Waals surface area (Å²) in [7, 11) is 0.572. The molecule has 3 aromatic rings. The van der Waals surface area contributed by atoms with Gasteiger partial charge in [-0.15, -0.1) is 0 Å². The van der Waals surface area contributed by atoms with Crippen LogP contribution in [0.1, 0.15) is 12.8 Å². The number of nitrogens with one attached hydrogen (secondary N) is 1. The Morgan fingerprint density at radius 2 is 1.94 bits per heavy atom. The van der Waals surface area contributed by atoms with E-state index < -0.39 is 15.7 Å². The van der Waals surface area contributed by atoms with E-state index in [1.54, 1.807) is 6.20 Å². The molecule has 178 valence electrons. The number of aromatic nitrogens is 4. The van der Waals surface area contributed by atoms with Crippen LogP contribution in [0.25, 0.3) is 16.7 Å². The van der Waals surface area contributed by atoms with Crippen molar-refractivity contribution in [2.75, 3.05) is 58.0 Å². The summed E-state index contributed by atoms with van der Waals surface area (Å²) in [5.74, 6) is 0.663. The topological polar surface area (TPSA) is 96.2 Å². The largest absolute Gasteiger partial charge is 0.354 e. The van der Waals surface area contributed by atoms with Gasteiger partial charge in [-0.2, -0.15) is 5.10 Å². The number of halogens is 1. The molecule has 0 radical (unpaired) electrons. The standard InChI is InChI=1S/C22H30FN7O2S/c1-28(2)10-11-29(14-16-6-8-24-9-7-16)21-18-13-27-30(22(18)26-15-25-21)20-5-4-17(12-19(20)23)33(3,31)32/h4-5,12-13,15-16,24H,6-11,14H2,1-3H3. The van der Waals surface area contributed by atoms with Crippen molar-refractivity contribution in [3.05, 3.63) is 36.5 Å². The number of fused-ring (bicyclic) bond motifs is 1. The van der Waals surface area contributed by atoms with Crippen molar-refractivity contribution in [2.45, 2.75) is 17.7 Å². The second-order valence-electron chi connectivity index (χ2n) is 8.82. The molecule has 0 aliphatic carbocycles. The second-order valence-corrected chi connectivity index (χ2v) is 10.8. The highest BCUT2D eigenvalue weighted by Gasteiger charge is 2.22. The molecule has 1 fully saturated rings. The Labute approximate surface area is 193 Å². The Hall–Kier alpha value is -2.63. The van der Waals surface area contributed by atoms with Gasteiger partial charge in [-0.25, -0.2) is 27.5 Å². The van der Waals surface area contributed by atoms with E-state index in [1.165, 1.54) is 23.1 Å². The minimum absolute atomic E-state index is 0.0765. The van der Waals surface area contributed by atoms with E-state index in [1.807, 2.05) is 14.1 Å². The van der Waals surface area contributed by atoms with Gasteiger partial charge in [-0.1, -0.05) is 0 Å². The lowest BCUT2D eigenvalue weighted by molar-refractivity contribution is 0.360. The third-order valence-corrected chi connectivity index (χ3v) is 7.08. The highest BCUT2D eigenvalue weighted by molar-refractivity contribution is 7.90. The average Bonchev–Trinajstić information content (AvgIpc) is 3.20. The van der Waals surface area contributed by atoms with E-state index in [9.17, 15) is 12.8 Å². The van der Waals surface area contributed by atoms with Crippen molar-refractivity contribution in [3.63, 3.8) is 0 Å². The van der Waals surface area contributed by atoms with Gasteiger partial charge in [0.15, 0.2) is 15.5 Å². The highest BCUT2D eigenvalue weighted by atomic mass is 32.2. The first-order valence-electron chi connectivity index (χ1n) is 11.0. The van der Waals surface area contributed by atoms with Gasteiger partial charge >= 0.3 is 0 Å². The summed E-state index contributed by atoms with van der Waals surface area (Å²) >= 11 is 0. The van der Waals surface area contributed by atoms with E-state index in [4.69, 9.17) is 0 Å². The van der Waals surface area contributed by atoms with Crippen molar-refractivity contribution in [1.82, 2.24) is 30.0 Å². The lowest BCUT2D eigenvalue weighted by Crippen LogP contribution is -2.39. The van der Waals surface area contributed by atoms with Crippen molar-refractivity contribution in [3.8, 4) is 5.69 Å². The first kappa shape index (κ1) is 23.5. The van der Waals surface area contributed by atoms with Gasteiger partial charge in [0.05, 0.1) is 16.5 Å². The molecule has 0 bridgehead atoms. The number of likely N-dealkylation sites (N-methyl/N-ethyl adjacent to an activating group) is 1. The molecule has 1 aliphatic heterocycles. The SMILES string of the molecule is CN(C)CCN(CC1CCNCC1)c1ncnc2c1cnn2-c1ccc(S(C)(=O)=O)cc1F. The van der Waals surface area contributed by atoms with Gasteiger partial charge in [0.1, 0.15) is 23.6 Å². The molecule has 4 rings (SSSR count). The number of hydrogen-bond acceptors (Lipinski definition) is 8. The number of hydrogen-bond donors (Lipinski definition) is 1. The summed E-state index contributed by atoms with van der Waals surface area (Å²) in [5.41, 5.74) is 0.617. The van der Waals surface area contributed by atoms with E-state index in [2.05, 4.69) is 30.2 Å². The molecule has 1 aromatic carbocycles. The number of sulfone groups is 1. The smallest absolute Gasteiger partial charge is 0.175 e. The Balaban J connectivity index is 1.71. The van der Waals surface area contributed by atoms with Crippen LogP contribution in [0.4, 0.5) is 10.2 Å². The zero-order chi connectivity index (χ0) is 23.6. The van der Waals surface area contributed by atoms with Gasteiger partial charge in [0.2, 0.25) is 0 Å². The van der Waals surface area contributed by atoms with Crippen LogP contribution in [0.5, 0.6) is 0 Å². The molecule has 1 saturated heterocycles. The molecule has 11 heteroatoms. The lowest BCUT2D eigenvalue weighted by Gasteiger charge is -2.32. The molecular formula is C22H30FN7O2S. The maximum atomic E-state index is 14.9. The number of rotatable bonds is 8. The normalized spacial score (nSPS) is 15.4. The van der Waals surface area contributed by atoms with E-state index in [0.717, 1.165) is 69.1 Å². The monoisotopic (exact) mass is 475 g/mol. The van der Waals surface area contributed by atoms with Gasteiger partial charge in [0.25, 0.3) is 0 Å². The van der Waals surface area contributed by atoms with Crippen LogP contribution in [0.15, 0.2) is 35.6 Å². The van der Waals surface area contributed by atoms with Gasteiger partial charge in [-0.3, -0.25) is 0 Å². The van der Waals surface area contributed by atoms with Crippen LogP contribution in [0.2, 0.25) is 0 Å². The van der Waals surface area contributed by atoms with Crippen molar-refractivity contribution in [1.29, 1.82) is 0 Å². The fourth-order valence-corrected chi connectivity index (χ4v) is 4.76. The summed E-state index contributed by atoms with van der Waals surface area (Å²) in [4.78, 5) is 13.3. The minimum atomic E-state index is -3.51. The predicted octanol–water partition coefficient (Wildman–Crippen LogP) is 1.73. The van der Waals surface area contributed by atoms with E-state index in [0.29, 0.717) is 11.6 Å². The molecule has 0 atom stereocenters. The molecule has 0 amide bonds. The first-order chi connectivity index (χ1) is 15.7. The van der Waals surface area contributed by atoms with Crippen LogP contribution >= 0.6 is 0 Å². The maximum Gasteiger partial charge on any atom is 0.175 e. The fraction of sp³-hybridized carbons (Fsp3) is 0.500. The number of nitrogens with zero attached hydrogens (tertiary/aromatic N) is 6. The zero-order valence-electron chi connectivity index (χ0n) is 19.2. The summed E-state index contributed by atoms with van der Waals surface area (Å²) in [5, 5.41) is 8.52. The van der Waals surface area contributed by atoms with Crippen molar-refractivity contribution >= 4 is 26.7 Å². The molecule has 3 heterocycles. The van der Waals surface area contributed by atoms with E-state index in [-0.39, 0.29) is 10.6 Å². The molecule has 1 aliphatic rings. The summed E-state index contributed by atoms with van der Waals surface area (Å²) in [6, 6.07) is 3.81. The third-order valence-electron chi connectivity index (χ3n) is 5.97. The fourth-order valence-electron chi connectivity index (χ4n) is 4.13. The highest BCUT2D eigenvalue weighted by Crippen LogP contribution is 2.28. The van der Waals surface area contributed by atoms with Crippen molar-refractivity contribution < 1.29 is 12.8 Å². The molecule has 9 nitrogen and oxygen atoms in total. The van der Waals surface area contributed by atoms with Crippen LogP contribution in [0.3, 0.4) is 0 Å². The number of benzene rings is 1. The van der Waals surface area contributed by atoms with Crippen LogP contribution in [0, 0.1) is 11.7 Å². The minimum Gasteiger partial charge on any atom is -0.354 e. The van der Waals surface area contributed by atoms with Gasteiger partial charge in [0, 0.05) is 25.9 Å². The third kappa shape index (κ3) is 5.31. The Morgan fingerprint density at radius 1 is 1.18 bits per heavy atom. The summed E-state index contributed by atoms with van der Waals surface area (Å²) < 4.78 is 39.8. The number of piperidine rings is 1. The quantitative estimate of drug-likeness (QED) is 0.526. The Bertz CT molecular complexity index is 1220. The van der Waals surface area contributed by atoms with Crippen LogP contribution in [-0.2, 0) is 9.84 Å². The maximum absolute atomic E-state index is 14.9. The Morgan fingerprint density at radius 3 is 2.61 bits per heavy atom. The first-order valence-corrected chi connectivity index (χ1v) is 12.9. The van der Waals surface area contributed by atoms with Gasteiger partial charge in [-0.05, 0) is 64.1 Å². The summed E-state index contributed by atoms with van der Waals surface area (Å²) in [6.45, 7) is 4.58. The second kappa shape index (κ2) is 9.70. The molecule has 1 N–H and O–H groups in total. The molecule has 0 unspecified atom stereocenters. The molecule has 0 saturated carbocycles. The van der Waals surface area contributed by atoms with Crippen LogP contribution < -0.4 is 10.2 Å². The molecular weight excluding hydrogens is 445 g/mol. The molecule has 0 spiro atoms.